The van der Waals surface area contributed by atoms with E-state index in [2.05, 4.69) is 34.8 Å². The first-order valence-corrected chi connectivity index (χ1v) is 6.73. The average molecular weight is 271 g/mol. The molecule has 1 aliphatic rings. The molecule has 0 fully saturated rings. The number of furan rings is 1. The summed E-state index contributed by atoms with van der Waals surface area (Å²) in [5, 5.41) is 0. The van der Waals surface area contributed by atoms with Crippen LogP contribution in [0, 0.1) is 0 Å². The lowest BCUT2D eigenvalue weighted by Gasteiger charge is -2.25. The molecule has 1 atom stereocenters. The van der Waals surface area contributed by atoms with Gasteiger partial charge in [0.1, 0.15) is 5.76 Å². The number of benzene rings is 1. The fraction of sp³-hybridized carbons (Fsp3) is 0.312. The minimum atomic E-state index is -0.440. The minimum absolute atomic E-state index is 0.0945. The van der Waals surface area contributed by atoms with Gasteiger partial charge in [-0.25, -0.2) is 4.79 Å². The number of methoxy groups -OCH3 is 1. The Hall–Kier alpha value is -2.23. The highest BCUT2D eigenvalue weighted by Crippen LogP contribution is 2.35. The van der Waals surface area contributed by atoms with Gasteiger partial charge in [-0.1, -0.05) is 18.2 Å². The molecule has 1 aliphatic heterocycles. The molecule has 4 nitrogen and oxygen atoms in total. The second-order valence-electron chi connectivity index (χ2n) is 4.94. The van der Waals surface area contributed by atoms with Gasteiger partial charge >= 0.3 is 5.97 Å². The normalized spacial score (nSPS) is 15.0. The van der Waals surface area contributed by atoms with Crippen molar-refractivity contribution in [1.29, 1.82) is 0 Å². The SMILES string of the molecule is COC(=O)c1ccc(C(C)N2CCc3ccccc32)o1. The lowest BCUT2D eigenvalue weighted by atomic mass is 10.1. The Balaban J connectivity index is 1.85. The lowest BCUT2D eigenvalue weighted by Crippen LogP contribution is -2.24. The molecule has 1 aromatic heterocycles. The molecule has 20 heavy (non-hydrogen) atoms. The van der Waals surface area contributed by atoms with Crippen molar-refractivity contribution in [3.8, 4) is 0 Å². The Kier molecular flexibility index (Phi) is 3.22. The van der Waals surface area contributed by atoms with Gasteiger partial charge in [0, 0.05) is 12.2 Å². The van der Waals surface area contributed by atoms with Gasteiger partial charge in [-0.15, -0.1) is 0 Å². The van der Waals surface area contributed by atoms with Crippen molar-refractivity contribution in [3.05, 3.63) is 53.5 Å². The summed E-state index contributed by atoms with van der Waals surface area (Å²) in [7, 11) is 1.35. The van der Waals surface area contributed by atoms with E-state index in [4.69, 9.17) is 4.42 Å². The number of fused-ring (bicyclic) bond motifs is 1. The molecule has 0 saturated heterocycles. The van der Waals surface area contributed by atoms with Crippen molar-refractivity contribution >= 4 is 11.7 Å². The molecular formula is C16H17NO3. The molecule has 0 aliphatic carbocycles. The summed E-state index contributed by atoms with van der Waals surface area (Å²) in [4.78, 5) is 13.7. The molecule has 4 heteroatoms. The van der Waals surface area contributed by atoms with Crippen molar-refractivity contribution in [2.75, 3.05) is 18.6 Å². The molecule has 2 aromatic rings. The highest BCUT2D eigenvalue weighted by atomic mass is 16.5. The quantitative estimate of drug-likeness (QED) is 0.804. The summed E-state index contributed by atoms with van der Waals surface area (Å²) in [6, 6.07) is 12.0. The van der Waals surface area contributed by atoms with E-state index in [1.807, 2.05) is 12.1 Å². The molecule has 0 N–H and O–H groups in total. The second kappa shape index (κ2) is 5.04. The molecule has 3 rings (SSSR count). The number of carbonyl (C=O) groups excluding carboxylic acids is 1. The van der Waals surface area contributed by atoms with Gasteiger partial charge in [-0.2, -0.15) is 0 Å². The van der Waals surface area contributed by atoms with E-state index < -0.39 is 5.97 Å². The summed E-state index contributed by atoms with van der Waals surface area (Å²) >= 11 is 0. The molecular weight excluding hydrogens is 254 g/mol. The van der Waals surface area contributed by atoms with Crippen LogP contribution in [0.2, 0.25) is 0 Å². The molecule has 1 unspecified atom stereocenters. The van der Waals surface area contributed by atoms with Crippen molar-refractivity contribution in [2.24, 2.45) is 0 Å². The number of esters is 1. The smallest absolute Gasteiger partial charge is 0.373 e. The highest BCUT2D eigenvalue weighted by molar-refractivity contribution is 5.86. The van der Waals surface area contributed by atoms with Crippen LogP contribution in [0.3, 0.4) is 0 Å². The van der Waals surface area contributed by atoms with Gasteiger partial charge in [0.2, 0.25) is 5.76 Å². The Morgan fingerprint density at radius 3 is 2.90 bits per heavy atom. The summed E-state index contributed by atoms with van der Waals surface area (Å²) in [6.45, 7) is 3.05. The lowest BCUT2D eigenvalue weighted by molar-refractivity contribution is 0.0562. The number of ether oxygens (including phenoxy) is 1. The fourth-order valence-corrected chi connectivity index (χ4v) is 2.71. The number of para-hydroxylation sites is 1. The first-order valence-electron chi connectivity index (χ1n) is 6.73. The van der Waals surface area contributed by atoms with Crippen LogP contribution in [0.5, 0.6) is 0 Å². The molecule has 0 amide bonds. The molecule has 0 spiro atoms. The van der Waals surface area contributed by atoms with Crippen molar-refractivity contribution < 1.29 is 13.9 Å². The van der Waals surface area contributed by atoms with E-state index in [9.17, 15) is 4.79 Å². The second-order valence-corrected chi connectivity index (χ2v) is 4.94. The molecule has 0 bridgehead atoms. The van der Waals surface area contributed by atoms with Crippen LogP contribution in [0.25, 0.3) is 0 Å². The van der Waals surface area contributed by atoms with Gasteiger partial charge in [-0.3, -0.25) is 0 Å². The molecule has 1 aromatic carbocycles. The third-order valence-electron chi connectivity index (χ3n) is 3.82. The fourth-order valence-electron chi connectivity index (χ4n) is 2.71. The van der Waals surface area contributed by atoms with Crippen LogP contribution in [0.15, 0.2) is 40.8 Å². The first kappa shape index (κ1) is 12.8. The minimum Gasteiger partial charge on any atom is -0.463 e. The summed E-state index contributed by atoms with van der Waals surface area (Å²) < 4.78 is 10.3. The van der Waals surface area contributed by atoms with Crippen LogP contribution in [-0.2, 0) is 11.2 Å². The van der Waals surface area contributed by atoms with Gasteiger partial charge < -0.3 is 14.1 Å². The van der Waals surface area contributed by atoms with E-state index in [1.165, 1.54) is 18.4 Å². The van der Waals surface area contributed by atoms with Crippen molar-refractivity contribution in [3.63, 3.8) is 0 Å². The van der Waals surface area contributed by atoms with Crippen molar-refractivity contribution in [1.82, 2.24) is 0 Å². The zero-order chi connectivity index (χ0) is 14.1. The zero-order valence-electron chi connectivity index (χ0n) is 11.6. The number of nitrogens with zero attached hydrogens (tertiary/aromatic N) is 1. The monoisotopic (exact) mass is 271 g/mol. The Bertz CT molecular complexity index is 632. The van der Waals surface area contributed by atoms with E-state index in [-0.39, 0.29) is 11.8 Å². The van der Waals surface area contributed by atoms with E-state index in [0.29, 0.717) is 0 Å². The van der Waals surface area contributed by atoms with E-state index in [0.717, 1.165) is 18.7 Å². The standard InChI is InChI=1S/C16H17NO3/c1-11(14-7-8-15(20-14)16(18)19-2)17-10-9-12-5-3-4-6-13(12)17/h3-8,11H,9-10H2,1-2H3. The first-order chi connectivity index (χ1) is 9.70. The van der Waals surface area contributed by atoms with Gasteiger partial charge in [0.15, 0.2) is 0 Å². The van der Waals surface area contributed by atoms with Gasteiger partial charge in [-0.05, 0) is 37.1 Å². The number of rotatable bonds is 3. The number of anilines is 1. The topological polar surface area (TPSA) is 42.7 Å². The van der Waals surface area contributed by atoms with Crippen LogP contribution in [-0.4, -0.2) is 19.6 Å². The van der Waals surface area contributed by atoms with E-state index in [1.54, 1.807) is 6.07 Å². The van der Waals surface area contributed by atoms with Crippen LogP contribution >= 0.6 is 0 Å². The maximum Gasteiger partial charge on any atom is 0.373 e. The summed E-state index contributed by atoms with van der Waals surface area (Å²) in [5.74, 6) is 0.592. The van der Waals surface area contributed by atoms with Crippen molar-refractivity contribution in [2.45, 2.75) is 19.4 Å². The Morgan fingerprint density at radius 2 is 2.10 bits per heavy atom. The highest BCUT2D eigenvalue weighted by Gasteiger charge is 2.26. The zero-order valence-corrected chi connectivity index (χ0v) is 11.6. The van der Waals surface area contributed by atoms with Gasteiger partial charge in [0.25, 0.3) is 0 Å². The number of hydrogen-bond acceptors (Lipinski definition) is 4. The van der Waals surface area contributed by atoms with E-state index >= 15 is 0 Å². The Morgan fingerprint density at radius 1 is 1.30 bits per heavy atom. The number of carbonyl (C=O) groups is 1. The van der Waals surface area contributed by atoms with Crippen LogP contribution < -0.4 is 4.90 Å². The van der Waals surface area contributed by atoms with Gasteiger partial charge in [0.05, 0.1) is 13.2 Å². The Labute approximate surface area is 118 Å². The van der Waals surface area contributed by atoms with Crippen LogP contribution in [0.1, 0.15) is 34.8 Å². The largest absolute Gasteiger partial charge is 0.463 e. The third kappa shape index (κ3) is 2.07. The van der Waals surface area contributed by atoms with Crippen LogP contribution in [0.4, 0.5) is 5.69 Å². The molecule has 0 saturated carbocycles. The predicted molar refractivity (Wildman–Crippen MR) is 76.0 cm³/mol. The number of hydrogen-bond donors (Lipinski definition) is 0. The molecule has 104 valence electrons. The molecule has 0 radical (unpaired) electrons. The maximum atomic E-state index is 11.4. The summed E-state index contributed by atoms with van der Waals surface area (Å²) in [5.41, 5.74) is 2.61. The summed E-state index contributed by atoms with van der Waals surface area (Å²) in [6.07, 6.45) is 1.05. The predicted octanol–water partition coefficient (Wildman–Crippen LogP) is 3.19. The molecule has 2 heterocycles. The maximum absolute atomic E-state index is 11.4. The average Bonchev–Trinajstić information content (AvgIpc) is 3.12. The third-order valence-corrected chi connectivity index (χ3v) is 3.82.